The molecule has 1 atom stereocenters. The van der Waals surface area contributed by atoms with Gasteiger partial charge in [-0.2, -0.15) is 0 Å². The average molecular weight is 320 g/mol. The summed E-state index contributed by atoms with van der Waals surface area (Å²) < 4.78 is 0.244. The van der Waals surface area contributed by atoms with E-state index in [1.807, 2.05) is 24.3 Å². The number of aryl methyl sites for hydroxylation is 1. The Morgan fingerprint density at radius 1 is 1.43 bits per heavy atom. The van der Waals surface area contributed by atoms with Crippen molar-refractivity contribution in [3.63, 3.8) is 0 Å². The summed E-state index contributed by atoms with van der Waals surface area (Å²) in [5, 5.41) is 10.9. The number of carbonyl (C=O) groups excluding carboxylic acids is 2. The largest absolute Gasteiger partial charge is 0.548 e. The van der Waals surface area contributed by atoms with E-state index >= 15 is 0 Å². The number of thiocarbonyl (C=S) groups is 1. The molecule has 110 valence electrons. The van der Waals surface area contributed by atoms with E-state index in [1.54, 1.807) is 6.08 Å². The minimum absolute atomic E-state index is 0.244. The summed E-state index contributed by atoms with van der Waals surface area (Å²) >= 11 is 6.19. The number of benzene rings is 1. The van der Waals surface area contributed by atoms with Crippen LogP contribution in [0.5, 0.6) is 0 Å². The molecule has 2 rings (SSSR count). The van der Waals surface area contributed by atoms with E-state index in [4.69, 9.17) is 12.2 Å². The van der Waals surface area contributed by atoms with Gasteiger partial charge in [0.25, 0.3) is 5.91 Å². The topological polar surface area (TPSA) is 60.4 Å². The second-order valence-electron chi connectivity index (χ2n) is 4.64. The Balaban J connectivity index is 2.25. The molecular formula is C15H14NO3S2-. The van der Waals surface area contributed by atoms with Crippen LogP contribution in [0, 0.1) is 0 Å². The first-order valence-electron chi connectivity index (χ1n) is 6.51. The van der Waals surface area contributed by atoms with E-state index in [0.29, 0.717) is 4.91 Å². The van der Waals surface area contributed by atoms with Crippen molar-refractivity contribution in [2.75, 3.05) is 0 Å². The molecule has 0 aromatic heterocycles. The van der Waals surface area contributed by atoms with Crippen LogP contribution in [0.1, 0.15) is 25.0 Å². The van der Waals surface area contributed by atoms with Gasteiger partial charge in [0, 0.05) is 0 Å². The quantitative estimate of drug-likeness (QED) is 0.623. The Morgan fingerprint density at radius 2 is 2.05 bits per heavy atom. The van der Waals surface area contributed by atoms with Crippen LogP contribution in [-0.4, -0.2) is 27.1 Å². The molecule has 1 amide bonds. The van der Waals surface area contributed by atoms with Gasteiger partial charge in [0.05, 0.1) is 16.9 Å². The number of carboxylic acids is 1. The Kier molecular flexibility index (Phi) is 4.80. The minimum atomic E-state index is -1.32. The Hall–Kier alpha value is -1.66. The number of nitrogens with zero attached hydrogens (tertiary/aromatic N) is 1. The van der Waals surface area contributed by atoms with Gasteiger partial charge in [-0.1, -0.05) is 55.2 Å². The van der Waals surface area contributed by atoms with E-state index in [1.165, 1.54) is 12.5 Å². The second kappa shape index (κ2) is 6.41. The van der Waals surface area contributed by atoms with E-state index in [-0.39, 0.29) is 10.2 Å². The Morgan fingerprint density at radius 3 is 2.57 bits per heavy atom. The molecule has 1 heterocycles. The number of hydrogen-bond donors (Lipinski definition) is 0. The molecule has 1 aromatic carbocycles. The highest BCUT2D eigenvalue weighted by Crippen LogP contribution is 2.33. The highest BCUT2D eigenvalue weighted by Gasteiger charge is 2.35. The monoisotopic (exact) mass is 320 g/mol. The van der Waals surface area contributed by atoms with Crippen LogP contribution in [0.2, 0.25) is 0 Å². The Labute approximate surface area is 132 Å². The van der Waals surface area contributed by atoms with Gasteiger partial charge in [-0.25, -0.2) is 0 Å². The maximum absolute atomic E-state index is 12.2. The highest BCUT2D eigenvalue weighted by atomic mass is 32.2. The summed E-state index contributed by atoms with van der Waals surface area (Å²) in [6.07, 6.45) is 2.67. The first-order valence-corrected chi connectivity index (χ1v) is 7.73. The van der Waals surface area contributed by atoms with Crippen molar-refractivity contribution in [1.29, 1.82) is 0 Å². The number of amides is 1. The molecule has 4 nitrogen and oxygen atoms in total. The van der Waals surface area contributed by atoms with Crippen molar-refractivity contribution in [2.24, 2.45) is 0 Å². The lowest BCUT2D eigenvalue weighted by atomic mass is 10.1. The molecule has 1 aliphatic heterocycles. The zero-order chi connectivity index (χ0) is 15.6. The van der Waals surface area contributed by atoms with Gasteiger partial charge in [-0.15, -0.1) is 0 Å². The summed E-state index contributed by atoms with van der Waals surface area (Å²) in [5.41, 5.74) is 2.10. The van der Waals surface area contributed by atoms with Gasteiger partial charge in [0.2, 0.25) is 0 Å². The van der Waals surface area contributed by atoms with Crippen molar-refractivity contribution in [2.45, 2.75) is 26.3 Å². The van der Waals surface area contributed by atoms with Crippen molar-refractivity contribution < 1.29 is 14.7 Å². The van der Waals surface area contributed by atoms with Crippen molar-refractivity contribution in [3.05, 3.63) is 40.3 Å². The first-order chi connectivity index (χ1) is 9.93. The lowest BCUT2D eigenvalue weighted by Crippen LogP contribution is -2.48. The zero-order valence-electron chi connectivity index (χ0n) is 11.7. The van der Waals surface area contributed by atoms with Crippen LogP contribution in [0.3, 0.4) is 0 Å². The third-order valence-corrected chi connectivity index (χ3v) is 4.57. The fourth-order valence-electron chi connectivity index (χ4n) is 1.92. The van der Waals surface area contributed by atoms with E-state index in [0.717, 1.165) is 28.6 Å². The van der Waals surface area contributed by atoms with Gasteiger partial charge < -0.3 is 9.90 Å². The fraction of sp³-hybridized carbons (Fsp3) is 0.267. The van der Waals surface area contributed by atoms with E-state index in [2.05, 4.69) is 6.92 Å². The number of carboxylic acid groups (broad SMARTS) is 1. The third-order valence-electron chi connectivity index (χ3n) is 3.24. The lowest BCUT2D eigenvalue weighted by Gasteiger charge is -2.23. The Bertz CT molecular complexity index is 622. The van der Waals surface area contributed by atoms with Gasteiger partial charge in [0.1, 0.15) is 4.32 Å². The van der Waals surface area contributed by atoms with Crippen LogP contribution < -0.4 is 5.11 Å². The number of hydrogen-bond acceptors (Lipinski definition) is 5. The van der Waals surface area contributed by atoms with Crippen LogP contribution in [0.15, 0.2) is 29.2 Å². The highest BCUT2D eigenvalue weighted by molar-refractivity contribution is 8.26. The van der Waals surface area contributed by atoms with E-state index in [9.17, 15) is 14.7 Å². The number of thioether (sulfide) groups is 1. The molecule has 0 radical (unpaired) electrons. The summed E-state index contributed by atoms with van der Waals surface area (Å²) in [6, 6.07) is 6.78. The normalized spacial score (nSPS) is 18.4. The summed E-state index contributed by atoms with van der Waals surface area (Å²) in [6.45, 7) is 3.46. The fourth-order valence-corrected chi connectivity index (χ4v) is 3.34. The van der Waals surface area contributed by atoms with E-state index < -0.39 is 12.0 Å². The minimum Gasteiger partial charge on any atom is -0.548 e. The second-order valence-corrected chi connectivity index (χ2v) is 6.32. The standard InChI is InChI=1S/C15H15NO3S2/c1-3-10-4-6-11(7-5-10)8-12-13(17)16(15(20)21-12)9(2)14(18)19/h4-9H,3H2,1-2H3,(H,18,19)/p-1/b12-8-/t9-/m0/s1. The molecule has 6 heteroatoms. The predicted octanol–water partition coefficient (Wildman–Crippen LogP) is 1.59. The van der Waals surface area contributed by atoms with Gasteiger partial charge >= 0.3 is 0 Å². The molecule has 1 aromatic rings. The molecule has 0 bridgehead atoms. The molecule has 0 spiro atoms. The number of rotatable bonds is 4. The van der Waals surface area contributed by atoms with Crippen LogP contribution in [0.25, 0.3) is 6.08 Å². The molecule has 1 fully saturated rings. The molecular weight excluding hydrogens is 306 g/mol. The molecule has 0 N–H and O–H groups in total. The maximum Gasteiger partial charge on any atom is 0.266 e. The molecule has 21 heavy (non-hydrogen) atoms. The van der Waals surface area contributed by atoms with Crippen LogP contribution >= 0.6 is 24.0 Å². The van der Waals surface area contributed by atoms with Crippen molar-refractivity contribution in [1.82, 2.24) is 4.90 Å². The SMILES string of the molecule is CCc1ccc(/C=C2\SC(=S)N([C@@H](C)C(=O)[O-])C2=O)cc1. The first kappa shape index (κ1) is 15.7. The lowest BCUT2D eigenvalue weighted by molar-refractivity contribution is -0.309. The number of carbonyl (C=O) groups is 2. The number of aliphatic carboxylic acids is 1. The van der Waals surface area contributed by atoms with Crippen LogP contribution in [-0.2, 0) is 16.0 Å². The molecule has 0 saturated carbocycles. The summed E-state index contributed by atoms with van der Waals surface area (Å²) in [7, 11) is 0. The molecule has 1 aliphatic rings. The smallest absolute Gasteiger partial charge is 0.266 e. The van der Waals surface area contributed by atoms with Gasteiger partial charge in [-0.3, -0.25) is 9.69 Å². The predicted molar refractivity (Wildman–Crippen MR) is 85.3 cm³/mol. The summed E-state index contributed by atoms with van der Waals surface area (Å²) in [5.74, 6) is -1.71. The van der Waals surface area contributed by atoms with Crippen molar-refractivity contribution in [3.8, 4) is 0 Å². The zero-order valence-corrected chi connectivity index (χ0v) is 13.3. The molecule has 0 unspecified atom stereocenters. The molecule has 1 saturated heterocycles. The molecule has 0 aliphatic carbocycles. The van der Waals surface area contributed by atoms with Gasteiger partial charge in [-0.05, 0) is 30.5 Å². The van der Waals surface area contributed by atoms with Crippen molar-refractivity contribution >= 4 is 46.3 Å². The van der Waals surface area contributed by atoms with Crippen LogP contribution in [0.4, 0.5) is 0 Å². The third kappa shape index (κ3) is 3.33. The maximum atomic E-state index is 12.2. The summed E-state index contributed by atoms with van der Waals surface area (Å²) in [4.78, 5) is 24.7. The average Bonchev–Trinajstić information content (AvgIpc) is 2.73. The van der Waals surface area contributed by atoms with Gasteiger partial charge in [0.15, 0.2) is 0 Å².